The van der Waals surface area contributed by atoms with Crippen LogP contribution >= 0.6 is 0 Å². The number of alkyl halides is 3. The summed E-state index contributed by atoms with van der Waals surface area (Å²) in [6.45, 7) is 1.75. The number of methoxy groups -OCH3 is 1. The number of halogens is 4. The average molecular weight is 439 g/mol. The highest BCUT2D eigenvalue weighted by Crippen LogP contribution is 2.44. The number of nitrogens with zero attached hydrogens (tertiary/aromatic N) is 1. The van der Waals surface area contributed by atoms with Crippen LogP contribution in [0.4, 0.5) is 23.2 Å². The second kappa shape index (κ2) is 8.97. The van der Waals surface area contributed by atoms with Gasteiger partial charge in [-0.3, -0.25) is 0 Å². The topological polar surface area (TPSA) is 59.0 Å². The van der Waals surface area contributed by atoms with Crippen LogP contribution in [0.15, 0.2) is 53.9 Å². The van der Waals surface area contributed by atoms with Gasteiger partial charge >= 0.3 is 12.1 Å². The molecular weight excluding hydrogens is 418 g/mol. The molecule has 1 aliphatic heterocycles. The highest BCUT2D eigenvalue weighted by atomic mass is 19.4. The van der Waals surface area contributed by atoms with Crippen LogP contribution in [0.5, 0.6) is 0 Å². The van der Waals surface area contributed by atoms with Crippen LogP contribution in [0, 0.1) is 5.82 Å². The van der Waals surface area contributed by atoms with E-state index >= 15 is 0 Å². The van der Waals surface area contributed by atoms with Crippen molar-refractivity contribution in [2.24, 2.45) is 0 Å². The Morgan fingerprint density at radius 3 is 2.39 bits per heavy atom. The largest absolute Gasteiger partial charge is 0.478 e. The van der Waals surface area contributed by atoms with Crippen molar-refractivity contribution in [3.05, 3.63) is 76.4 Å². The minimum atomic E-state index is -4.58. The van der Waals surface area contributed by atoms with E-state index in [0.29, 0.717) is 11.1 Å². The van der Waals surface area contributed by atoms with E-state index in [9.17, 15) is 27.5 Å². The Kier molecular flexibility index (Phi) is 6.54. The number of hydrogen-bond donors (Lipinski definition) is 1. The van der Waals surface area contributed by atoms with E-state index in [2.05, 4.69) is 0 Å². The molecule has 9 heteroatoms. The molecule has 1 unspecified atom stereocenters. The molecule has 0 amide bonds. The van der Waals surface area contributed by atoms with E-state index in [4.69, 9.17) is 9.47 Å². The lowest BCUT2D eigenvalue weighted by Crippen LogP contribution is -2.34. The number of carboxylic acids is 1. The highest BCUT2D eigenvalue weighted by Gasteiger charge is 2.38. The Morgan fingerprint density at radius 1 is 1.13 bits per heavy atom. The molecule has 1 N–H and O–H groups in total. The summed E-state index contributed by atoms with van der Waals surface area (Å²) in [6, 6.07) is 8.61. The van der Waals surface area contributed by atoms with E-state index in [-0.39, 0.29) is 36.9 Å². The van der Waals surface area contributed by atoms with Crippen molar-refractivity contribution in [1.82, 2.24) is 0 Å². The van der Waals surface area contributed by atoms with Crippen molar-refractivity contribution in [3.8, 4) is 0 Å². The normalized spacial score (nSPS) is 16.3. The Bertz CT molecular complexity index is 986. The van der Waals surface area contributed by atoms with Crippen molar-refractivity contribution < 1.29 is 36.9 Å². The SMILES string of the molecule is COCCOC1=C(C(=O)O)C(C)c2ccc(C(F)(F)F)cc2N1Cc1ccc(F)cc1. The maximum absolute atomic E-state index is 13.4. The minimum Gasteiger partial charge on any atom is -0.478 e. The maximum atomic E-state index is 13.4. The minimum absolute atomic E-state index is 0.00352. The molecule has 0 bridgehead atoms. The Hall–Kier alpha value is -3.07. The van der Waals surface area contributed by atoms with Gasteiger partial charge in [0.15, 0.2) is 0 Å². The summed E-state index contributed by atoms with van der Waals surface area (Å²) >= 11 is 0. The van der Waals surface area contributed by atoms with Crippen molar-refractivity contribution in [2.75, 3.05) is 25.2 Å². The van der Waals surface area contributed by atoms with E-state index < -0.39 is 29.4 Å². The first kappa shape index (κ1) is 22.6. The number of carboxylic acid groups (broad SMARTS) is 1. The first-order valence-electron chi connectivity index (χ1n) is 9.45. The van der Waals surface area contributed by atoms with Gasteiger partial charge in [-0.25, -0.2) is 9.18 Å². The van der Waals surface area contributed by atoms with E-state index in [1.807, 2.05) is 0 Å². The lowest BCUT2D eigenvalue weighted by Gasteiger charge is -2.37. The Balaban J connectivity index is 2.16. The summed E-state index contributed by atoms with van der Waals surface area (Å²) in [6.07, 6.45) is -4.58. The second-order valence-electron chi connectivity index (χ2n) is 7.07. The Labute approximate surface area is 176 Å². The summed E-state index contributed by atoms with van der Waals surface area (Å²) in [4.78, 5) is 13.4. The lowest BCUT2D eigenvalue weighted by atomic mass is 9.87. The van der Waals surface area contributed by atoms with Gasteiger partial charge in [0.25, 0.3) is 0 Å². The summed E-state index contributed by atoms with van der Waals surface area (Å²) in [5, 5.41) is 9.84. The van der Waals surface area contributed by atoms with Crippen LogP contribution in [-0.4, -0.2) is 31.4 Å². The molecular formula is C22H21F4NO4. The molecule has 0 aliphatic carbocycles. The number of rotatable bonds is 7. The van der Waals surface area contributed by atoms with Crippen molar-refractivity contribution in [1.29, 1.82) is 0 Å². The van der Waals surface area contributed by atoms with Crippen LogP contribution in [0.2, 0.25) is 0 Å². The van der Waals surface area contributed by atoms with Gasteiger partial charge in [-0.2, -0.15) is 13.2 Å². The van der Waals surface area contributed by atoms with Crippen LogP contribution in [0.3, 0.4) is 0 Å². The Morgan fingerprint density at radius 2 is 1.81 bits per heavy atom. The van der Waals surface area contributed by atoms with Gasteiger partial charge in [0.2, 0.25) is 5.88 Å². The number of aliphatic carboxylic acids is 1. The van der Waals surface area contributed by atoms with Crippen molar-refractivity contribution >= 4 is 11.7 Å². The number of hydrogen-bond acceptors (Lipinski definition) is 4. The summed E-state index contributed by atoms with van der Waals surface area (Å²) in [5.74, 6) is -2.48. The molecule has 1 aliphatic rings. The smallest absolute Gasteiger partial charge is 0.416 e. The van der Waals surface area contributed by atoms with Gasteiger partial charge in [-0.05, 0) is 35.4 Å². The van der Waals surface area contributed by atoms with Gasteiger partial charge in [-0.15, -0.1) is 0 Å². The number of benzene rings is 2. The van der Waals surface area contributed by atoms with Gasteiger partial charge in [0.1, 0.15) is 18.0 Å². The zero-order valence-electron chi connectivity index (χ0n) is 16.9. The standard InChI is InChI=1S/C22H21F4NO4/c1-13-17-8-5-15(22(24,25)26)11-18(17)27(12-14-3-6-16(23)7-4-14)20(19(13)21(28)29)31-10-9-30-2/h3-8,11,13H,9-10,12H2,1-2H3,(H,28,29). The molecule has 0 radical (unpaired) electrons. The zero-order chi connectivity index (χ0) is 22.8. The van der Waals surface area contributed by atoms with Crippen molar-refractivity contribution in [3.63, 3.8) is 0 Å². The summed E-state index contributed by atoms with van der Waals surface area (Å²) in [5.41, 5.74) is 0.232. The molecule has 0 spiro atoms. The molecule has 5 nitrogen and oxygen atoms in total. The van der Waals surface area contributed by atoms with Crippen LogP contribution in [-0.2, 0) is 27.0 Å². The molecule has 1 atom stereocenters. The average Bonchev–Trinajstić information content (AvgIpc) is 2.71. The van der Waals surface area contributed by atoms with Gasteiger partial charge in [0, 0.05) is 18.7 Å². The quantitative estimate of drug-likeness (QED) is 0.490. The molecule has 0 saturated heterocycles. The fourth-order valence-electron chi connectivity index (χ4n) is 3.50. The van der Waals surface area contributed by atoms with Crippen LogP contribution in [0.1, 0.15) is 29.5 Å². The lowest BCUT2D eigenvalue weighted by molar-refractivity contribution is -0.137. The molecule has 1 heterocycles. The summed E-state index contributed by atoms with van der Waals surface area (Å²) in [7, 11) is 1.44. The number of ether oxygens (including phenoxy) is 2. The molecule has 0 fully saturated rings. The van der Waals surface area contributed by atoms with Crippen LogP contribution in [0.25, 0.3) is 0 Å². The number of fused-ring (bicyclic) bond motifs is 1. The van der Waals surface area contributed by atoms with Gasteiger partial charge < -0.3 is 19.5 Å². The first-order valence-corrected chi connectivity index (χ1v) is 9.45. The molecule has 0 saturated carbocycles. The first-order chi connectivity index (χ1) is 14.6. The highest BCUT2D eigenvalue weighted by molar-refractivity contribution is 5.92. The second-order valence-corrected chi connectivity index (χ2v) is 7.07. The zero-order valence-corrected chi connectivity index (χ0v) is 16.9. The molecule has 2 aromatic rings. The molecule has 166 valence electrons. The third-order valence-electron chi connectivity index (χ3n) is 5.03. The third kappa shape index (κ3) is 4.82. The van der Waals surface area contributed by atoms with Crippen molar-refractivity contribution in [2.45, 2.75) is 25.6 Å². The predicted octanol–water partition coefficient (Wildman–Crippen LogP) is 4.93. The monoisotopic (exact) mass is 439 g/mol. The molecule has 2 aromatic carbocycles. The van der Waals surface area contributed by atoms with E-state index in [1.54, 1.807) is 6.92 Å². The third-order valence-corrected chi connectivity index (χ3v) is 5.03. The van der Waals surface area contributed by atoms with E-state index in [0.717, 1.165) is 12.1 Å². The fourth-order valence-corrected chi connectivity index (χ4v) is 3.50. The van der Waals surface area contributed by atoms with E-state index in [1.165, 1.54) is 42.3 Å². The number of carbonyl (C=O) groups is 1. The molecule has 0 aromatic heterocycles. The van der Waals surface area contributed by atoms with Crippen LogP contribution < -0.4 is 4.90 Å². The maximum Gasteiger partial charge on any atom is 0.416 e. The van der Waals surface area contributed by atoms with Gasteiger partial charge in [0.05, 0.1) is 18.7 Å². The summed E-state index contributed by atoms with van der Waals surface area (Å²) < 4.78 is 64.1. The molecule has 31 heavy (non-hydrogen) atoms. The number of anilines is 1. The van der Waals surface area contributed by atoms with Gasteiger partial charge in [-0.1, -0.05) is 25.1 Å². The fraction of sp³-hybridized carbons (Fsp3) is 0.318. The molecule has 3 rings (SSSR count). The predicted molar refractivity (Wildman–Crippen MR) is 105 cm³/mol.